The van der Waals surface area contributed by atoms with Crippen molar-refractivity contribution in [2.24, 2.45) is 0 Å². The van der Waals surface area contributed by atoms with Gasteiger partial charge in [-0.2, -0.15) is 0 Å². The van der Waals surface area contributed by atoms with Gasteiger partial charge in [0, 0.05) is 14.6 Å². The number of rotatable bonds is 1. The molecule has 0 bridgehead atoms. The maximum Gasteiger partial charge on any atom is 0.0662 e. The van der Waals surface area contributed by atoms with E-state index in [1.165, 1.54) is 9.13 Å². The lowest BCUT2D eigenvalue weighted by Crippen LogP contribution is -2.34. The van der Waals surface area contributed by atoms with Crippen molar-refractivity contribution in [1.82, 2.24) is 5.32 Å². The number of hydrogen-bond acceptors (Lipinski definition) is 2. The lowest BCUT2D eigenvalue weighted by atomic mass is 10.1. The number of halogens is 2. The zero-order valence-electron chi connectivity index (χ0n) is 7.59. The molecule has 0 saturated carbocycles. The minimum atomic E-state index is 0.344. The van der Waals surface area contributed by atoms with Crippen LogP contribution in [0, 0.1) is 3.57 Å². The molecular formula is C10H11BrINO. The highest BCUT2D eigenvalue weighted by molar-refractivity contribution is 14.1. The van der Waals surface area contributed by atoms with Gasteiger partial charge in [0.1, 0.15) is 0 Å². The molecule has 0 amide bonds. The molecule has 0 aromatic heterocycles. The molecule has 1 aliphatic heterocycles. The van der Waals surface area contributed by atoms with Gasteiger partial charge in [0.05, 0.1) is 19.3 Å². The summed E-state index contributed by atoms with van der Waals surface area (Å²) in [5.74, 6) is 0. The first-order valence-corrected chi connectivity index (χ1v) is 6.40. The Morgan fingerprint density at radius 3 is 3.00 bits per heavy atom. The minimum absolute atomic E-state index is 0.344. The monoisotopic (exact) mass is 367 g/mol. The molecule has 2 rings (SSSR count). The molecule has 1 N–H and O–H groups in total. The molecule has 2 nitrogen and oxygen atoms in total. The highest BCUT2D eigenvalue weighted by Gasteiger charge is 2.15. The Labute approximate surface area is 106 Å². The van der Waals surface area contributed by atoms with Crippen LogP contribution in [0.1, 0.15) is 11.6 Å². The third-order valence-electron chi connectivity index (χ3n) is 2.27. The van der Waals surface area contributed by atoms with Crippen molar-refractivity contribution < 1.29 is 4.74 Å². The van der Waals surface area contributed by atoms with Gasteiger partial charge in [0.25, 0.3) is 0 Å². The number of hydrogen-bond donors (Lipinski definition) is 1. The summed E-state index contributed by atoms with van der Waals surface area (Å²) < 4.78 is 7.82. The number of morpholine rings is 1. The van der Waals surface area contributed by atoms with E-state index in [1.807, 2.05) is 0 Å². The van der Waals surface area contributed by atoms with Crippen LogP contribution in [0.15, 0.2) is 22.7 Å². The molecule has 1 atom stereocenters. The standard InChI is InChI=1S/C10H11BrINO/c11-8-5-7(1-2-9(8)12)10-6-14-4-3-13-10/h1-2,5,10,13H,3-4,6H2. The first kappa shape index (κ1) is 10.9. The smallest absolute Gasteiger partial charge is 0.0662 e. The number of benzene rings is 1. The Hall–Kier alpha value is 0.350. The van der Waals surface area contributed by atoms with Crippen LogP contribution in [-0.4, -0.2) is 19.8 Å². The molecule has 1 aromatic rings. The summed E-state index contributed by atoms with van der Waals surface area (Å²) in [6.45, 7) is 2.53. The van der Waals surface area contributed by atoms with Gasteiger partial charge in [-0.1, -0.05) is 6.07 Å². The van der Waals surface area contributed by atoms with Crippen molar-refractivity contribution in [2.45, 2.75) is 6.04 Å². The largest absolute Gasteiger partial charge is 0.378 e. The first-order valence-electron chi connectivity index (χ1n) is 4.53. The number of ether oxygens (including phenoxy) is 1. The quantitative estimate of drug-likeness (QED) is 0.770. The van der Waals surface area contributed by atoms with Gasteiger partial charge in [-0.25, -0.2) is 0 Å². The molecule has 14 heavy (non-hydrogen) atoms. The Morgan fingerprint density at radius 1 is 1.50 bits per heavy atom. The van der Waals surface area contributed by atoms with Gasteiger partial charge in [0.15, 0.2) is 0 Å². The molecule has 1 saturated heterocycles. The molecule has 1 unspecified atom stereocenters. The molecule has 0 aliphatic carbocycles. The molecular weight excluding hydrogens is 357 g/mol. The van der Waals surface area contributed by atoms with E-state index < -0.39 is 0 Å². The Morgan fingerprint density at radius 2 is 2.36 bits per heavy atom. The van der Waals surface area contributed by atoms with Crippen molar-refractivity contribution in [1.29, 1.82) is 0 Å². The summed E-state index contributed by atoms with van der Waals surface area (Å²) in [7, 11) is 0. The predicted molar refractivity (Wildman–Crippen MR) is 68.4 cm³/mol. The lowest BCUT2D eigenvalue weighted by Gasteiger charge is -2.24. The van der Waals surface area contributed by atoms with Crippen LogP contribution >= 0.6 is 38.5 Å². The lowest BCUT2D eigenvalue weighted by molar-refractivity contribution is 0.0768. The molecule has 1 fully saturated rings. The van der Waals surface area contributed by atoms with E-state index in [2.05, 4.69) is 62.0 Å². The van der Waals surface area contributed by atoms with Crippen molar-refractivity contribution in [3.8, 4) is 0 Å². The fourth-order valence-electron chi connectivity index (χ4n) is 1.51. The molecule has 4 heteroatoms. The molecule has 0 spiro atoms. The summed E-state index contributed by atoms with van der Waals surface area (Å²) in [5, 5.41) is 3.43. The maximum absolute atomic E-state index is 5.43. The van der Waals surface area contributed by atoms with Gasteiger partial charge < -0.3 is 10.1 Å². The van der Waals surface area contributed by atoms with E-state index in [9.17, 15) is 0 Å². The maximum atomic E-state index is 5.43. The minimum Gasteiger partial charge on any atom is -0.378 e. The van der Waals surface area contributed by atoms with E-state index in [1.54, 1.807) is 0 Å². The van der Waals surface area contributed by atoms with Crippen molar-refractivity contribution in [2.75, 3.05) is 19.8 Å². The second-order valence-corrected chi connectivity index (χ2v) is 5.27. The Bertz CT molecular complexity index is 326. The van der Waals surface area contributed by atoms with Crippen LogP contribution in [0.2, 0.25) is 0 Å². The van der Waals surface area contributed by atoms with Gasteiger partial charge in [-0.05, 0) is 56.2 Å². The van der Waals surface area contributed by atoms with Crippen LogP contribution in [0.4, 0.5) is 0 Å². The molecule has 76 valence electrons. The molecule has 0 radical (unpaired) electrons. The highest BCUT2D eigenvalue weighted by atomic mass is 127. The Kier molecular flexibility index (Phi) is 3.81. The third kappa shape index (κ3) is 2.48. The number of nitrogens with one attached hydrogen (secondary N) is 1. The Balaban J connectivity index is 2.18. The predicted octanol–water partition coefficient (Wildman–Crippen LogP) is 2.71. The SMILES string of the molecule is Brc1cc(C2COCCN2)ccc1I. The van der Waals surface area contributed by atoms with Gasteiger partial charge in [0.2, 0.25) is 0 Å². The van der Waals surface area contributed by atoms with Crippen molar-refractivity contribution in [3.63, 3.8) is 0 Å². The van der Waals surface area contributed by atoms with Crippen LogP contribution in [-0.2, 0) is 4.74 Å². The van der Waals surface area contributed by atoms with E-state index in [4.69, 9.17) is 4.74 Å². The third-order valence-corrected chi connectivity index (χ3v) is 4.61. The summed E-state index contributed by atoms with van der Waals surface area (Å²) in [6.07, 6.45) is 0. The summed E-state index contributed by atoms with van der Waals surface area (Å²) in [6, 6.07) is 6.78. The zero-order valence-corrected chi connectivity index (χ0v) is 11.3. The summed E-state index contributed by atoms with van der Waals surface area (Å²) in [4.78, 5) is 0. The van der Waals surface area contributed by atoms with E-state index >= 15 is 0 Å². The average Bonchev–Trinajstić information content (AvgIpc) is 2.23. The second kappa shape index (κ2) is 4.92. The van der Waals surface area contributed by atoms with Crippen molar-refractivity contribution >= 4 is 38.5 Å². The normalized spacial score (nSPS) is 22.3. The molecule has 1 aromatic carbocycles. The van der Waals surface area contributed by atoms with Crippen molar-refractivity contribution in [3.05, 3.63) is 31.8 Å². The van der Waals surface area contributed by atoms with Crippen LogP contribution < -0.4 is 5.32 Å². The molecule has 1 aliphatic rings. The van der Waals surface area contributed by atoms with Crippen LogP contribution in [0.3, 0.4) is 0 Å². The fraction of sp³-hybridized carbons (Fsp3) is 0.400. The van der Waals surface area contributed by atoms with E-state index in [-0.39, 0.29) is 0 Å². The van der Waals surface area contributed by atoms with E-state index in [0.29, 0.717) is 6.04 Å². The van der Waals surface area contributed by atoms with Gasteiger partial charge >= 0.3 is 0 Å². The first-order chi connectivity index (χ1) is 6.77. The van der Waals surface area contributed by atoms with Crippen LogP contribution in [0.25, 0.3) is 0 Å². The van der Waals surface area contributed by atoms with Gasteiger partial charge in [-0.3, -0.25) is 0 Å². The molecule has 1 heterocycles. The fourth-order valence-corrected chi connectivity index (χ4v) is 2.24. The summed E-state index contributed by atoms with van der Waals surface area (Å²) >= 11 is 5.85. The zero-order chi connectivity index (χ0) is 9.97. The van der Waals surface area contributed by atoms with Crippen LogP contribution in [0.5, 0.6) is 0 Å². The van der Waals surface area contributed by atoms with Gasteiger partial charge in [-0.15, -0.1) is 0 Å². The average molecular weight is 368 g/mol. The highest BCUT2D eigenvalue weighted by Crippen LogP contribution is 2.24. The summed E-state index contributed by atoms with van der Waals surface area (Å²) in [5.41, 5.74) is 1.29. The van der Waals surface area contributed by atoms with E-state index in [0.717, 1.165) is 24.2 Å². The second-order valence-electron chi connectivity index (χ2n) is 3.26. The topological polar surface area (TPSA) is 21.3 Å².